The minimum Gasteiger partial charge on any atom is -0.357 e. The molecule has 4 nitrogen and oxygen atoms in total. The highest BCUT2D eigenvalue weighted by atomic mass is 35.5. The van der Waals surface area contributed by atoms with E-state index in [2.05, 4.69) is 5.32 Å². The molecule has 0 aliphatic carbocycles. The van der Waals surface area contributed by atoms with Gasteiger partial charge in [0.1, 0.15) is 11.9 Å². The summed E-state index contributed by atoms with van der Waals surface area (Å²) in [6.45, 7) is 1.55. The van der Waals surface area contributed by atoms with Gasteiger partial charge in [-0.3, -0.25) is 9.59 Å². The minimum absolute atomic E-state index is 0.0395. The highest BCUT2D eigenvalue weighted by Crippen LogP contribution is 2.26. The minimum atomic E-state index is -0.784. The number of benzene rings is 2. The van der Waals surface area contributed by atoms with Gasteiger partial charge in [-0.25, -0.2) is 4.39 Å². The third-order valence-corrected chi connectivity index (χ3v) is 4.81. The summed E-state index contributed by atoms with van der Waals surface area (Å²) in [6.07, 6.45) is -0.0890. The van der Waals surface area contributed by atoms with Gasteiger partial charge in [-0.05, 0) is 30.7 Å². The monoisotopic (exact) mass is 396 g/mol. The highest BCUT2D eigenvalue weighted by molar-refractivity contribution is 6.36. The van der Waals surface area contributed by atoms with Crippen LogP contribution in [0.2, 0.25) is 10.0 Å². The average molecular weight is 397 g/mol. The maximum atomic E-state index is 14.0. The van der Waals surface area contributed by atoms with Gasteiger partial charge in [0.05, 0.1) is 6.42 Å². The van der Waals surface area contributed by atoms with Crippen molar-refractivity contribution in [2.75, 3.05) is 7.05 Å². The molecule has 0 aliphatic heterocycles. The third kappa shape index (κ3) is 4.74. The van der Waals surface area contributed by atoms with Crippen LogP contribution in [0.4, 0.5) is 4.39 Å². The zero-order chi connectivity index (χ0) is 19.3. The van der Waals surface area contributed by atoms with Crippen LogP contribution in [-0.2, 0) is 22.6 Å². The van der Waals surface area contributed by atoms with Crippen LogP contribution in [0.15, 0.2) is 42.5 Å². The molecule has 26 heavy (non-hydrogen) atoms. The molecule has 2 rings (SSSR count). The largest absolute Gasteiger partial charge is 0.357 e. The smallest absolute Gasteiger partial charge is 0.242 e. The van der Waals surface area contributed by atoms with Crippen molar-refractivity contribution < 1.29 is 14.0 Å². The van der Waals surface area contributed by atoms with E-state index in [1.807, 2.05) is 0 Å². The number of carbonyl (C=O) groups is 2. The predicted octanol–water partition coefficient (Wildman–Crippen LogP) is 3.84. The van der Waals surface area contributed by atoms with Gasteiger partial charge < -0.3 is 10.2 Å². The zero-order valence-electron chi connectivity index (χ0n) is 14.4. The summed E-state index contributed by atoms with van der Waals surface area (Å²) in [5, 5.41) is 3.24. The average Bonchev–Trinajstić information content (AvgIpc) is 2.62. The Balaban J connectivity index is 2.32. The van der Waals surface area contributed by atoms with Gasteiger partial charge in [-0.2, -0.15) is 0 Å². The van der Waals surface area contributed by atoms with E-state index in [1.165, 1.54) is 18.0 Å². The fraction of sp³-hybridized carbons (Fsp3) is 0.263. The maximum absolute atomic E-state index is 14.0. The standard InChI is InChI=1S/C19H19Cl2FN2O2/c1-12(19(26)23-2)24(11-13-6-3-4-9-17(13)22)18(25)10-14-15(20)7-5-8-16(14)21/h3-9,12H,10-11H2,1-2H3,(H,23,26). The molecular weight excluding hydrogens is 378 g/mol. The summed E-state index contributed by atoms with van der Waals surface area (Å²) in [7, 11) is 1.48. The summed E-state index contributed by atoms with van der Waals surface area (Å²) in [6, 6.07) is 10.3. The predicted molar refractivity (Wildman–Crippen MR) is 101 cm³/mol. The zero-order valence-corrected chi connectivity index (χ0v) is 15.9. The van der Waals surface area contributed by atoms with Crippen LogP contribution >= 0.6 is 23.2 Å². The molecule has 0 radical (unpaired) electrons. The summed E-state index contributed by atoms with van der Waals surface area (Å²) >= 11 is 12.3. The van der Waals surface area contributed by atoms with Crippen LogP contribution in [0.25, 0.3) is 0 Å². The lowest BCUT2D eigenvalue weighted by molar-refractivity contribution is -0.139. The summed E-state index contributed by atoms with van der Waals surface area (Å²) in [4.78, 5) is 26.3. The second-order valence-electron chi connectivity index (χ2n) is 5.78. The highest BCUT2D eigenvalue weighted by Gasteiger charge is 2.27. The number of hydrogen-bond donors (Lipinski definition) is 1. The number of nitrogens with zero attached hydrogens (tertiary/aromatic N) is 1. The molecule has 0 saturated carbocycles. The van der Waals surface area contributed by atoms with Crippen LogP contribution in [-0.4, -0.2) is 29.8 Å². The Morgan fingerprint density at radius 1 is 1.12 bits per heavy atom. The van der Waals surface area contributed by atoms with Gasteiger partial charge in [0.2, 0.25) is 11.8 Å². The van der Waals surface area contributed by atoms with Gasteiger partial charge in [0.25, 0.3) is 0 Å². The topological polar surface area (TPSA) is 49.4 Å². The van der Waals surface area contributed by atoms with Gasteiger partial charge in [0, 0.05) is 29.2 Å². The van der Waals surface area contributed by atoms with Gasteiger partial charge in [-0.15, -0.1) is 0 Å². The van der Waals surface area contributed by atoms with E-state index in [4.69, 9.17) is 23.2 Å². The first kappa shape index (κ1) is 20.2. The molecule has 2 aromatic rings. The molecule has 0 aliphatic rings. The Morgan fingerprint density at radius 2 is 1.73 bits per heavy atom. The molecule has 0 aromatic heterocycles. The lowest BCUT2D eigenvalue weighted by atomic mass is 10.1. The molecule has 1 N–H and O–H groups in total. The van der Waals surface area contributed by atoms with E-state index in [1.54, 1.807) is 43.3 Å². The summed E-state index contributed by atoms with van der Waals surface area (Å²) in [5.41, 5.74) is 0.797. The van der Waals surface area contributed by atoms with Gasteiger partial charge in [0.15, 0.2) is 0 Å². The van der Waals surface area contributed by atoms with Gasteiger partial charge >= 0.3 is 0 Å². The molecule has 0 saturated heterocycles. The number of carbonyl (C=O) groups excluding carboxylic acids is 2. The first-order chi connectivity index (χ1) is 12.3. The van der Waals surface area contributed by atoms with Crippen molar-refractivity contribution in [3.05, 3.63) is 69.5 Å². The van der Waals surface area contributed by atoms with Crippen molar-refractivity contribution in [2.45, 2.75) is 25.9 Å². The molecule has 0 heterocycles. The summed E-state index contributed by atoms with van der Waals surface area (Å²) < 4.78 is 14.0. The molecule has 0 spiro atoms. The fourth-order valence-corrected chi connectivity index (χ4v) is 3.09. The molecule has 138 valence electrons. The SMILES string of the molecule is CNC(=O)C(C)N(Cc1ccccc1F)C(=O)Cc1c(Cl)cccc1Cl. The number of hydrogen-bond acceptors (Lipinski definition) is 2. The van der Waals surface area contributed by atoms with Crippen LogP contribution in [0, 0.1) is 5.82 Å². The van der Waals surface area contributed by atoms with Crippen LogP contribution in [0.1, 0.15) is 18.1 Å². The van der Waals surface area contributed by atoms with E-state index in [0.717, 1.165) is 0 Å². The Kier molecular flexibility index (Phi) is 7.00. The number of amides is 2. The molecule has 1 atom stereocenters. The fourth-order valence-electron chi connectivity index (χ4n) is 2.56. The molecule has 2 aromatic carbocycles. The van der Waals surface area contributed by atoms with Crippen molar-refractivity contribution in [2.24, 2.45) is 0 Å². The number of likely N-dealkylation sites (N-methyl/N-ethyl adjacent to an activating group) is 1. The van der Waals surface area contributed by atoms with E-state index in [9.17, 15) is 14.0 Å². The van der Waals surface area contributed by atoms with E-state index in [-0.39, 0.29) is 24.8 Å². The molecule has 7 heteroatoms. The second kappa shape index (κ2) is 9.01. The van der Waals surface area contributed by atoms with E-state index in [0.29, 0.717) is 21.2 Å². The molecule has 0 bridgehead atoms. The molecule has 0 fully saturated rings. The Morgan fingerprint density at radius 3 is 2.31 bits per heavy atom. The first-order valence-electron chi connectivity index (χ1n) is 8.02. The second-order valence-corrected chi connectivity index (χ2v) is 6.59. The first-order valence-corrected chi connectivity index (χ1v) is 8.78. The van der Waals surface area contributed by atoms with Crippen LogP contribution in [0.5, 0.6) is 0 Å². The lowest BCUT2D eigenvalue weighted by Crippen LogP contribution is -2.47. The number of rotatable bonds is 6. The number of nitrogens with one attached hydrogen (secondary N) is 1. The quantitative estimate of drug-likeness (QED) is 0.806. The third-order valence-electron chi connectivity index (χ3n) is 4.10. The van der Waals surface area contributed by atoms with Crippen molar-refractivity contribution >= 4 is 35.0 Å². The molecular formula is C19H19Cl2FN2O2. The van der Waals surface area contributed by atoms with Crippen molar-refractivity contribution in [1.29, 1.82) is 0 Å². The normalized spacial score (nSPS) is 11.7. The van der Waals surface area contributed by atoms with Crippen LogP contribution in [0.3, 0.4) is 0 Å². The Bertz CT molecular complexity index is 794. The molecule has 2 amide bonds. The van der Waals surface area contributed by atoms with Crippen molar-refractivity contribution in [3.63, 3.8) is 0 Å². The Labute approximate surface area is 161 Å². The van der Waals surface area contributed by atoms with Crippen molar-refractivity contribution in [1.82, 2.24) is 10.2 Å². The van der Waals surface area contributed by atoms with Crippen LogP contribution < -0.4 is 5.32 Å². The molecule has 1 unspecified atom stereocenters. The van der Waals surface area contributed by atoms with Crippen molar-refractivity contribution in [3.8, 4) is 0 Å². The maximum Gasteiger partial charge on any atom is 0.242 e. The van der Waals surface area contributed by atoms with Gasteiger partial charge in [-0.1, -0.05) is 47.5 Å². The van der Waals surface area contributed by atoms with E-state index < -0.39 is 11.9 Å². The summed E-state index contributed by atoms with van der Waals surface area (Å²) in [5.74, 6) is -1.16. The van der Waals surface area contributed by atoms with E-state index >= 15 is 0 Å². The number of halogens is 3. The lowest BCUT2D eigenvalue weighted by Gasteiger charge is -2.29. The Hall–Kier alpha value is -2.11.